The van der Waals surface area contributed by atoms with E-state index in [0.29, 0.717) is 11.0 Å². The fourth-order valence-corrected chi connectivity index (χ4v) is 4.30. The fourth-order valence-electron chi connectivity index (χ4n) is 3.77. The predicted molar refractivity (Wildman–Crippen MR) is 117 cm³/mol. The monoisotopic (exact) mass is 425 g/mol. The van der Waals surface area contributed by atoms with E-state index in [1.807, 2.05) is 35.7 Å². The predicted octanol–water partition coefficient (Wildman–Crippen LogP) is 3.32. The van der Waals surface area contributed by atoms with Crippen molar-refractivity contribution in [2.75, 3.05) is 25.0 Å². The zero-order chi connectivity index (χ0) is 20.6. The summed E-state index contributed by atoms with van der Waals surface area (Å²) in [6, 6.07) is 9.91. The number of amides is 1. The Morgan fingerprint density at radius 2 is 2.03 bits per heavy atom. The van der Waals surface area contributed by atoms with Gasteiger partial charge in [0.25, 0.3) is 0 Å². The molecular weight excluding hydrogens is 398 g/mol. The van der Waals surface area contributed by atoms with Crippen LogP contribution in [0.3, 0.4) is 0 Å². The minimum atomic E-state index is 0.0541. The first-order chi connectivity index (χ1) is 14.8. The molecule has 1 aliphatic rings. The third kappa shape index (κ3) is 5.70. The molecule has 9 heteroatoms. The second-order valence-corrected chi connectivity index (χ2v) is 8.50. The highest BCUT2D eigenvalue weighted by Gasteiger charge is 2.25. The zero-order valence-corrected chi connectivity index (χ0v) is 17.8. The number of benzene rings is 1. The van der Waals surface area contributed by atoms with Crippen molar-refractivity contribution in [3.05, 3.63) is 41.9 Å². The molecule has 0 aliphatic carbocycles. The second-order valence-electron chi connectivity index (χ2n) is 7.60. The molecule has 30 heavy (non-hydrogen) atoms. The Labute approximate surface area is 180 Å². The number of hydrogen-bond donors (Lipinski definition) is 1. The van der Waals surface area contributed by atoms with Gasteiger partial charge in [0.1, 0.15) is 0 Å². The molecule has 0 saturated carbocycles. The number of carbonyl (C=O) groups is 1. The molecule has 158 valence electrons. The highest BCUT2D eigenvalue weighted by Crippen LogP contribution is 2.20. The van der Waals surface area contributed by atoms with E-state index in [0.717, 1.165) is 63.8 Å². The van der Waals surface area contributed by atoms with Crippen LogP contribution in [0, 0.1) is 5.92 Å². The number of carbonyl (C=O) groups excluding carboxylic acids is 1. The van der Waals surface area contributed by atoms with Crippen LogP contribution < -0.4 is 5.32 Å². The van der Waals surface area contributed by atoms with Crippen LogP contribution in [0.2, 0.25) is 0 Å². The summed E-state index contributed by atoms with van der Waals surface area (Å²) in [5.41, 5.74) is 0.988. The van der Waals surface area contributed by atoms with Crippen molar-refractivity contribution < 1.29 is 4.79 Å². The molecule has 1 atom stereocenters. The van der Waals surface area contributed by atoms with Crippen LogP contribution in [0.1, 0.15) is 32.1 Å². The Bertz CT molecular complexity index is 913. The Kier molecular flexibility index (Phi) is 7.15. The molecule has 0 spiro atoms. The molecule has 1 saturated heterocycles. The van der Waals surface area contributed by atoms with Gasteiger partial charge in [-0.3, -0.25) is 4.79 Å². The molecule has 3 heterocycles. The summed E-state index contributed by atoms with van der Waals surface area (Å²) in [5.74, 6) is 0.825. The van der Waals surface area contributed by atoms with Gasteiger partial charge in [0.15, 0.2) is 5.13 Å². The van der Waals surface area contributed by atoms with Crippen molar-refractivity contribution in [2.24, 2.45) is 5.92 Å². The molecule has 1 aliphatic heterocycles. The molecule has 4 rings (SSSR count). The van der Waals surface area contributed by atoms with Crippen LogP contribution in [0.15, 0.2) is 41.9 Å². The summed E-state index contributed by atoms with van der Waals surface area (Å²) in [4.78, 5) is 20.7. The number of likely N-dealkylation sites (tertiary alicyclic amines) is 1. The number of piperidine rings is 1. The van der Waals surface area contributed by atoms with Crippen LogP contribution in [-0.2, 0) is 11.3 Å². The maximum absolute atomic E-state index is 12.5. The van der Waals surface area contributed by atoms with E-state index in [2.05, 4.69) is 30.6 Å². The van der Waals surface area contributed by atoms with Gasteiger partial charge in [0.2, 0.25) is 11.7 Å². The molecule has 0 bridgehead atoms. The van der Waals surface area contributed by atoms with Crippen molar-refractivity contribution in [1.82, 2.24) is 30.1 Å². The van der Waals surface area contributed by atoms with E-state index in [-0.39, 0.29) is 11.8 Å². The lowest BCUT2D eigenvalue weighted by molar-refractivity contribution is -0.121. The third-order valence-electron chi connectivity index (χ3n) is 5.36. The molecule has 1 aromatic carbocycles. The average Bonchev–Trinajstić information content (AvgIpc) is 3.47. The number of thiazole rings is 1. The third-order valence-corrected chi connectivity index (χ3v) is 6.04. The van der Waals surface area contributed by atoms with Gasteiger partial charge in [-0.2, -0.15) is 4.80 Å². The first kappa shape index (κ1) is 20.6. The Hall–Kier alpha value is -2.65. The number of hydrogen-bond acceptors (Lipinski definition) is 7. The number of anilines is 1. The summed E-state index contributed by atoms with van der Waals surface area (Å²) < 4.78 is 0. The zero-order valence-electron chi connectivity index (χ0n) is 17.0. The topological polar surface area (TPSA) is 88.8 Å². The minimum Gasteiger partial charge on any atom is -0.303 e. The van der Waals surface area contributed by atoms with Crippen LogP contribution >= 0.6 is 11.3 Å². The number of unbranched alkanes of at least 4 members (excludes halogenated alkanes) is 2. The van der Waals surface area contributed by atoms with E-state index in [1.54, 1.807) is 11.0 Å². The van der Waals surface area contributed by atoms with E-state index in [9.17, 15) is 4.79 Å². The van der Waals surface area contributed by atoms with Gasteiger partial charge in [0, 0.05) is 23.7 Å². The van der Waals surface area contributed by atoms with Gasteiger partial charge < -0.3 is 10.2 Å². The summed E-state index contributed by atoms with van der Waals surface area (Å²) in [6.45, 7) is 3.72. The van der Waals surface area contributed by atoms with E-state index >= 15 is 0 Å². The Morgan fingerprint density at radius 3 is 2.87 bits per heavy atom. The molecule has 8 nitrogen and oxygen atoms in total. The van der Waals surface area contributed by atoms with Crippen molar-refractivity contribution in [2.45, 2.75) is 38.6 Å². The molecule has 0 radical (unpaired) electrons. The number of aromatic nitrogens is 5. The van der Waals surface area contributed by atoms with Crippen molar-refractivity contribution in [1.29, 1.82) is 0 Å². The van der Waals surface area contributed by atoms with Gasteiger partial charge in [-0.05, 0) is 44.0 Å². The highest BCUT2D eigenvalue weighted by molar-refractivity contribution is 7.13. The van der Waals surface area contributed by atoms with Crippen molar-refractivity contribution in [3.63, 3.8) is 0 Å². The van der Waals surface area contributed by atoms with E-state index in [4.69, 9.17) is 0 Å². The van der Waals surface area contributed by atoms with Gasteiger partial charge in [-0.1, -0.05) is 36.8 Å². The minimum absolute atomic E-state index is 0.0541. The van der Waals surface area contributed by atoms with Crippen molar-refractivity contribution in [3.8, 4) is 11.4 Å². The number of nitrogens with zero attached hydrogens (tertiary/aromatic N) is 6. The first-order valence-corrected chi connectivity index (χ1v) is 11.4. The summed E-state index contributed by atoms with van der Waals surface area (Å²) in [6.07, 6.45) is 6.98. The second kappa shape index (κ2) is 10.4. The summed E-state index contributed by atoms with van der Waals surface area (Å²) >= 11 is 1.46. The standard InChI is InChI=1S/C21H27N7OS/c29-20(23-21-22-11-15-30-21)18-10-7-13-27(16-18)12-5-2-6-14-28-25-19(24-26-28)17-8-3-1-4-9-17/h1,3-4,8-9,11,15,18H,2,5-7,10,12-14,16H2,(H,22,23,29). The van der Waals surface area contributed by atoms with Gasteiger partial charge in [-0.15, -0.1) is 21.5 Å². The highest BCUT2D eigenvalue weighted by atomic mass is 32.1. The smallest absolute Gasteiger partial charge is 0.230 e. The van der Waals surface area contributed by atoms with Crippen LogP contribution in [0.25, 0.3) is 11.4 Å². The summed E-state index contributed by atoms with van der Waals surface area (Å²) in [7, 11) is 0. The van der Waals surface area contributed by atoms with Crippen molar-refractivity contribution >= 4 is 22.4 Å². The number of nitrogens with one attached hydrogen (secondary N) is 1. The first-order valence-electron chi connectivity index (χ1n) is 10.5. The van der Waals surface area contributed by atoms with Gasteiger partial charge in [-0.25, -0.2) is 4.98 Å². The number of tetrazole rings is 1. The number of rotatable bonds is 9. The Balaban J connectivity index is 1.14. The molecule has 3 aromatic rings. The van der Waals surface area contributed by atoms with E-state index in [1.165, 1.54) is 11.3 Å². The van der Waals surface area contributed by atoms with Crippen LogP contribution in [0.4, 0.5) is 5.13 Å². The van der Waals surface area contributed by atoms with Gasteiger partial charge >= 0.3 is 0 Å². The lowest BCUT2D eigenvalue weighted by Gasteiger charge is -2.31. The van der Waals surface area contributed by atoms with Gasteiger partial charge in [0.05, 0.1) is 12.5 Å². The lowest BCUT2D eigenvalue weighted by Crippen LogP contribution is -2.41. The molecule has 1 N–H and O–H groups in total. The molecular formula is C21H27N7OS. The molecule has 1 fully saturated rings. The van der Waals surface area contributed by atoms with Crippen LogP contribution in [-0.4, -0.2) is 55.6 Å². The van der Waals surface area contributed by atoms with Crippen LogP contribution in [0.5, 0.6) is 0 Å². The Morgan fingerprint density at radius 1 is 1.17 bits per heavy atom. The average molecular weight is 426 g/mol. The summed E-state index contributed by atoms with van der Waals surface area (Å²) in [5, 5.41) is 18.3. The molecule has 2 aromatic heterocycles. The maximum Gasteiger partial charge on any atom is 0.230 e. The SMILES string of the molecule is O=C(Nc1nccs1)C1CCCN(CCCCCn2nnc(-c3ccccc3)n2)C1. The fraction of sp³-hybridized carbons (Fsp3) is 0.476. The van der Waals surface area contributed by atoms with E-state index < -0.39 is 0 Å². The molecule has 1 amide bonds. The maximum atomic E-state index is 12.5. The largest absolute Gasteiger partial charge is 0.303 e. The lowest BCUT2D eigenvalue weighted by atomic mass is 9.97. The molecule has 1 unspecified atom stereocenters. The number of aryl methyl sites for hydroxylation is 1. The normalized spacial score (nSPS) is 17.1. The quantitative estimate of drug-likeness (QED) is 0.529.